The van der Waals surface area contributed by atoms with Gasteiger partial charge in [-0.1, -0.05) is 32.0 Å². The zero-order valence-corrected chi connectivity index (χ0v) is 14.3. The second kappa shape index (κ2) is 6.63. The Labute approximate surface area is 138 Å². The molecule has 3 rings (SSSR count). The number of rotatable bonds is 4. The van der Waals surface area contributed by atoms with E-state index in [0.717, 1.165) is 24.5 Å². The molecule has 0 bridgehead atoms. The van der Waals surface area contributed by atoms with Crippen LogP contribution < -0.4 is 14.8 Å². The molecule has 1 unspecified atom stereocenters. The van der Waals surface area contributed by atoms with E-state index < -0.39 is 0 Å². The van der Waals surface area contributed by atoms with E-state index in [2.05, 4.69) is 49.5 Å². The van der Waals surface area contributed by atoms with Crippen molar-refractivity contribution in [3.8, 4) is 11.5 Å². The molecule has 23 heavy (non-hydrogen) atoms. The van der Waals surface area contributed by atoms with E-state index in [4.69, 9.17) is 9.47 Å². The van der Waals surface area contributed by atoms with Crippen LogP contribution in [0.2, 0.25) is 0 Å². The first kappa shape index (κ1) is 15.9. The molecule has 1 aliphatic heterocycles. The lowest BCUT2D eigenvalue weighted by atomic mass is 9.88. The summed E-state index contributed by atoms with van der Waals surface area (Å²) in [4.78, 5) is 0. The smallest absolute Gasteiger partial charge is 0.124 e. The minimum absolute atomic E-state index is 0.167. The van der Waals surface area contributed by atoms with Gasteiger partial charge in [0.05, 0.1) is 20.3 Å². The van der Waals surface area contributed by atoms with Crippen molar-refractivity contribution in [1.29, 1.82) is 0 Å². The first-order valence-corrected chi connectivity index (χ1v) is 8.22. The molecule has 1 heterocycles. The van der Waals surface area contributed by atoms with E-state index in [-0.39, 0.29) is 6.04 Å². The van der Waals surface area contributed by atoms with E-state index in [1.165, 1.54) is 22.3 Å². The van der Waals surface area contributed by atoms with Gasteiger partial charge in [-0.3, -0.25) is 0 Å². The normalized spacial score (nSPS) is 17.0. The summed E-state index contributed by atoms with van der Waals surface area (Å²) in [6.45, 7) is 5.36. The number of hydrogen-bond acceptors (Lipinski definition) is 3. The monoisotopic (exact) mass is 311 g/mol. The van der Waals surface area contributed by atoms with E-state index in [0.29, 0.717) is 5.92 Å². The van der Waals surface area contributed by atoms with Crippen molar-refractivity contribution < 1.29 is 9.47 Å². The molecule has 0 radical (unpaired) electrons. The Morgan fingerprint density at radius 1 is 1.00 bits per heavy atom. The number of fused-ring (bicyclic) bond motifs is 1. The van der Waals surface area contributed by atoms with Gasteiger partial charge in [0.1, 0.15) is 11.5 Å². The zero-order valence-electron chi connectivity index (χ0n) is 14.3. The molecule has 2 aromatic rings. The molecule has 3 nitrogen and oxygen atoms in total. The Hall–Kier alpha value is -2.00. The number of methoxy groups -OCH3 is 2. The van der Waals surface area contributed by atoms with Gasteiger partial charge in [-0.15, -0.1) is 0 Å². The molecule has 1 N–H and O–H groups in total. The predicted octanol–water partition coefficient (Wildman–Crippen LogP) is 4.06. The summed E-state index contributed by atoms with van der Waals surface area (Å²) in [6.07, 6.45) is 1.02. The highest BCUT2D eigenvalue weighted by atomic mass is 16.5. The largest absolute Gasteiger partial charge is 0.497 e. The molecule has 0 saturated heterocycles. The summed E-state index contributed by atoms with van der Waals surface area (Å²) >= 11 is 0. The second-order valence-corrected chi connectivity index (χ2v) is 6.36. The third-order valence-corrected chi connectivity index (χ3v) is 4.64. The summed E-state index contributed by atoms with van der Waals surface area (Å²) in [6, 6.07) is 13.1. The van der Waals surface area contributed by atoms with Crippen LogP contribution in [0, 0.1) is 0 Å². The first-order valence-electron chi connectivity index (χ1n) is 8.22. The molecule has 0 aromatic heterocycles. The minimum Gasteiger partial charge on any atom is -0.497 e. The van der Waals surface area contributed by atoms with Crippen LogP contribution in [0.5, 0.6) is 11.5 Å². The first-order chi connectivity index (χ1) is 11.1. The maximum Gasteiger partial charge on any atom is 0.124 e. The standard InChI is InChI=1S/C20H25NO2/c1-13(2)14-5-7-18(19(12-14)23-4)20-17-8-6-16(22-3)11-15(17)9-10-21-20/h5-8,11-13,20-21H,9-10H2,1-4H3. The fourth-order valence-corrected chi connectivity index (χ4v) is 3.27. The van der Waals surface area contributed by atoms with Crippen molar-refractivity contribution in [2.45, 2.75) is 32.2 Å². The summed E-state index contributed by atoms with van der Waals surface area (Å²) in [5.74, 6) is 2.37. The highest BCUT2D eigenvalue weighted by molar-refractivity contribution is 5.49. The molecule has 0 amide bonds. The van der Waals surface area contributed by atoms with Crippen molar-refractivity contribution in [2.75, 3.05) is 20.8 Å². The third-order valence-electron chi connectivity index (χ3n) is 4.64. The fraction of sp³-hybridized carbons (Fsp3) is 0.400. The van der Waals surface area contributed by atoms with Crippen molar-refractivity contribution in [2.24, 2.45) is 0 Å². The molecular formula is C20H25NO2. The van der Waals surface area contributed by atoms with Gasteiger partial charge in [0.15, 0.2) is 0 Å². The van der Waals surface area contributed by atoms with Crippen LogP contribution in [0.4, 0.5) is 0 Å². The SMILES string of the molecule is COc1ccc2c(c1)CCNC2c1ccc(C(C)C)cc1OC. The van der Waals surface area contributed by atoms with Gasteiger partial charge in [-0.2, -0.15) is 0 Å². The molecule has 122 valence electrons. The van der Waals surface area contributed by atoms with Crippen molar-refractivity contribution in [3.63, 3.8) is 0 Å². The van der Waals surface area contributed by atoms with Crippen LogP contribution in [-0.4, -0.2) is 20.8 Å². The Morgan fingerprint density at radius 3 is 2.48 bits per heavy atom. The fourth-order valence-electron chi connectivity index (χ4n) is 3.27. The average molecular weight is 311 g/mol. The predicted molar refractivity (Wildman–Crippen MR) is 93.6 cm³/mol. The van der Waals surface area contributed by atoms with Gasteiger partial charge in [-0.25, -0.2) is 0 Å². The quantitative estimate of drug-likeness (QED) is 0.923. The highest BCUT2D eigenvalue weighted by Crippen LogP contribution is 2.36. The zero-order chi connectivity index (χ0) is 16.4. The lowest BCUT2D eigenvalue weighted by Gasteiger charge is -2.29. The Kier molecular flexibility index (Phi) is 4.58. The molecule has 0 fully saturated rings. The van der Waals surface area contributed by atoms with Crippen LogP contribution >= 0.6 is 0 Å². The number of benzene rings is 2. The Balaban J connectivity index is 2.03. The summed E-state index contributed by atoms with van der Waals surface area (Å²) in [7, 11) is 3.47. The molecule has 3 heteroatoms. The lowest BCUT2D eigenvalue weighted by molar-refractivity contribution is 0.400. The Bertz CT molecular complexity index is 694. The topological polar surface area (TPSA) is 30.5 Å². The lowest BCUT2D eigenvalue weighted by Crippen LogP contribution is -2.30. The average Bonchev–Trinajstić information content (AvgIpc) is 2.60. The molecule has 1 atom stereocenters. The molecule has 0 spiro atoms. The summed E-state index contributed by atoms with van der Waals surface area (Å²) < 4.78 is 11.0. The van der Waals surface area contributed by atoms with Crippen LogP contribution in [0.3, 0.4) is 0 Å². The molecular weight excluding hydrogens is 286 g/mol. The summed E-state index contributed by atoms with van der Waals surface area (Å²) in [5, 5.41) is 3.63. The van der Waals surface area contributed by atoms with E-state index in [1.54, 1.807) is 14.2 Å². The maximum atomic E-state index is 5.68. The van der Waals surface area contributed by atoms with Crippen molar-refractivity contribution >= 4 is 0 Å². The number of ether oxygens (including phenoxy) is 2. The summed E-state index contributed by atoms with van der Waals surface area (Å²) in [5.41, 5.74) is 5.16. The van der Waals surface area contributed by atoms with Crippen LogP contribution in [-0.2, 0) is 6.42 Å². The van der Waals surface area contributed by atoms with Gasteiger partial charge < -0.3 is 14.8 Å². The number of nitrogens with one attached hydrogen (secondary N) is 1. The maximum absolute atomic E-state index is 5.68. The molecule has 0 aliphatic carbocycles. The van der Waals surface area contributed by atoms with Gasteiger partial charge in [0, 0.05) is 12.1 Å². The molecule has 1 aliphatic rings. The molecule has 2 aromatic carbocycles. The van der Waals surface area contributed by atoms with Gasteiger partial charge >= 0.3 is 0 Å². The minimum atomic E-state index is 0.167. The van der Waals surface area contributed by atoms with Gasteiger partial charge in [0.2, 0.25) is 0 Å². The molecule has 0 saturated carbocycles. The van der Waals surface area contributed by atoms with E-state index >= 15 is 0 Å². The van der Waals surface area contributed by atoms with E-state index in [1.807, 2.05) is 6.07 Å². The Morgan fingerprint density at radius 2 is 1.78 bits per heavy atom. The van der Waals surface area contributed by atoms with Crippen LogP contribution in [0.25, 0.3) is 0 Å². The second-order valence-electron chi connectivity index (χ2n) is 6.36. The van der Waals surface area contributed by atoms with Gasteiger partial charge in [-0.05, 0) is 47.2 Å². The van der Waals surface area contributed by atoms with E-state index in [9.17, 15) is 0 Å². The third kappa shape index (κ3) is 3.06. The van der Waals surface area contributed by atoms with Crippen LogP contribution in [0.1, 0.15) is 48.1 Å². The van der Waals surface area contributed by atoms with Crippen molar-refractivity contribution in [1.82, 2.24) is 5.32 Å². The van der Waals surface area contributed by atoms with Crippen molar-refractivity contribution in [3.05, 3.63) is 58.7 Å². The van der Waals surface area contributed by atoms with Gasteiger partial charge in [0.25, 0.3) is 0 Å². The van der Waals surface area contributed by atoms with Crippen LogP contribution in [0.15, 0.2) is 36.4 Å². The number of hydrogen-bond donors (Lipinski definition) is 1. The highest BCUT2D eigenvalue weighted by Gasteiger charge is 2.24.